The van der Waals surface area contributed by atoms with Gasteiger partial charge in [-0.3, -0.25) is 9.59 Å². The second-order valence-corrected chi connectivity index (χ2v) is 7.06. The summed E-state index contributed by atoms with van der Waals surface area (Å²) in [5, 5.41) is 3.44. The molecule has 0 bridgehead atoms. The first kappa shape index (κ1) is 16.3. The van der Waals surface area contributed by atoms with Gasteiger partial charge in [-0.2, -0.15) is 0 Å². The molecule has 1 unspecified atom stereocenters. The fourth-order valence-electron chi connectivity index (χ4n) is 2.55. The Labute approximate surface area is 153 Å². The Morgan fingerprint density at radius 2 is 1.96 bits per heavy atom. The van der Waals surface area contributed by atoms with E-state index >= 15 is 0 Å². The van der Waals surface area contributed by atoms with Gasteiger partial charge in [0.15, 0.2) is 0 Å². The summed E-state index contributed by atoms with van der Waals surface area (Å²) in [4.78, 5) is 26.2. The van der Waals surface area contributed by atoms with Crippen molar-refractivity contribution in [3.8, 4) is 0 Å². The Morgan fingerprint density at radius 1 is 1.22 bits per heavy atom. The van der Waals surface area contributed by atoms with Crippen molar-refractivity contribution in [1.29, 1.82) is 0 Å². The minimum atomic E-state index is -0.360. The van der Waals surface area contributed by atoms with Crippen LogP contribution in [-0.2, 0) is 9.59 Å². The van der Waals surface area contributed by atoms with Crippen LogP contribution in [-0.4, -0.2) is 18.4 Å². The van der Waals surface area contributed by atoms with Crippen molar-refractivity contribution in [2.45, 2.75) is 6.42 Å². The Morgan fingerprint density at radius 3 is 2.65 bits per heavy atom. The summed E-state index contributed by atoms with van der Waals surface area (Å²) in [6.07, 6.45) is 0.211. The van der Waals surface area contributed by atoms with Crippen LogP contribution < -0.4 is 10.2 Å². The smallest absolute Gasteiger partial charge is 0.229 e. The molecule has 6 heteroatoms. The minimum Gasteiger partial charge on any atom is -0.326 e. The Bertz CT molecular complexity index is 749. The van der Waals surface area contributed by atoms with Crippen LogP contribution in [0.5, 0.6) is 0 Å². The zero-order valence-electron chi connectivity index (χ0n) is 12.1. The van der Waals surface area contributed by atoms with E-state index in [2.05, 4.69) is 27.9 Å². The van der Waals surface area contributed by atoms with Gasteiger partial charge in [0.25, 0.3) is 0 Å². The van der Waals surface area contributed by atoms with Crippen molar-refractivity contribution in [2.75, 3.05) is 16.8 Å². The topological polar surface area (TPSA) is 49.4 Å². The van der Waals surface area contributed by atoms with Gasteiger partial charge >= 0.3 is 0 Å². The molecule has 1 fully saturated rings. The Hall–Kier alpha value is -1.60. The SMILES string of the molecule is O=C(Nc1ccc(I)cc1)C1CC(=O)N(c2cccc(Cl)c2)C1. The van der Waals surface area contributed by atoms with E-state index in [4.69, 9.17) is 11.6 Å². The number of nitrogens with zero attached hydrogens (tertiary/aromatic N) is 1. The maximum atomic E-state index is 12.4. The average molecular weight is 441 g/mol. The lowest BCUT2D eigenvalue weighted by molar-refractivity contribution is -0.122. The fraction of sp³-hybridized carbons (Fsp3) is 0.176. The predicted molar refractivity (Wildman–Crippen MR) is 99.7 cm³/mol. The van der Waals surface area contributed by atoms with Gasteiger partial charge < -0.3 is 10.2 Å². The molecule has 0 radical (unpaired) electrons. The number of carbonyl (C=O) groups is 2. The number of halogens is 2. The second kappa shape index (κ2) is 6.88. The molecule has 1 saturated heterocycles. The summed E-state index contributed by atoms with van der Waals surface area (Å²) in [7, 11) is 0. The quantitative estimate of drug-likeness (QED) is 0.735. The number of carbonyl (C=O) groups excluding carboxylic acids is 2. The van der Waals surface area contributed by atoms with Crippen molar-refractivity contribution in [1.82, 2.24) is 0 Å². The second-order valence-electron chi connectivity index (χ2n) is 5.38. The van der Waals surface area contributed by atoms with Crippen LogP contribution in [0.4, 0.5) is 11.4 Å². The lowest BCUT2D eigenvalue weighted by atomic mass is 10.1. The van der Waals surface area contributed by atoms with E-state index in [0.29, 0.717) is 11.6 Å². The summed E-state index contributed by atoms with van der Waals surface area (Å²) in [5.74, 6) is -0.556. The van der Waals surface area contributed by atoms with E-state index in [0.717, 1.165) is 14.9 Å². The van der Waals surface area contributed by atoms with E-state index in [-0.39, 0.29) is 24.2 Å². The molecule has 4 nitrogen and oxygen atoms in total. The van der Waals surface area contributed by atoms with Crippen LogP contribution >= 0.6 is 34.2 Å². The Kier molecular flexibility index (Phi) is 4.87. The van der Waals surface area contributed by atoms with Gasteiger partial charge in [-0.05, 0) is 65.1 Å². The van der Waals surface area contributed by atoms with Crippen molar-refractivity contribution < 1.29 is 9.59 Å². The van der Waals surface area contributed by atoms with Crippen molar-refractivity contribution in [3.63, 3.8) is 0 Å². The number of nitrogens with one attached hydrogen (secondary N) is 1. The van der Waals surface area contributed by atoms with Crippen LogP contribution in [0.15, 0.2) is 48.5 Å². The van der Waals surface area contributed by atoms with Gasteiger partial charge in [-0.25, -0.2) is 0 Å². The molecule has 0 saturated carbocycles. The van der Waals surface area contributed by atoms with Crippen LogP contribution in [0.1, 0.15) is 6.42 Å². The molecular weight excluding hydrogens is 427 g/mol. The van der Waals surface area contributed by atoms with Gasteiger partial charge in [0.05, 0.1) is 5.92 Å². The maximum absolute atomic E-state index is 12.4. The standard InChI is InChI=1S/C17H14ClIN2O2/c18-12-2-1-3-15(9-12)21-10-11(8-16(21)22)17(23)20-14-6-4-13(19)5-7-14/h1-7,9,11H,8,10H2,(H,20,23). The molecule has 1 aliphatic heterocycles. The molecule has 1 aliphatic rings. The number of hydrogen-bond donors (Lipinski definition) is 1. The number of benzene rings is 2. The molecule has 1 heterocycles. The van der Waals surface area contributed by atoms with Crippen molar-refractivity contribution >= 4 is 57.4 Å². The van der Waals surface area contributed by atoms with E-state index in [1.165, 1.54) is 0 Å². The fourth-order valence-corrected chi connectivity index (χ4v) is 3.10. The minimum absolute atomic E-state index is 0.0602. The van der Waals surface area contributed by atoms with E-state index in [1.54, 1.807) is 23.1 Å². The number of rotatable bonds is 3. The number of hydrogen-bond acceptors (Lipinski definition) is 2. The molecule has 118 valence electrons. The molecule has 3 rings (SSSR count). The monoisotopic (exact) mass is 440 g/mol. The first-order valence-electron chi connectivity index (χ1n) is 7.15. The van der Waals surface area contributed by atoms with Gasteiger partial charge in [-0.15, -0.1) is 0 Å². The molecular formula is C17H14ClIN2O2. The Balaban J connectivity index is 1.69. The molecule has 0 spiro atoms. The van der Waals surface area contributed by atoms with Crippen LogP contribution in [0.2, 0.25) is 5.02 Å². The number of amides is 2. The lowest BCUT2D eigenvalue weighted by Crippen LogP contribution is -2.28. The van der Waals surface area contributed by atoms with Crippen LogP contribution in [0.3, 0.4) is 0 Å². The average Bonchev–Trinajstić information content (AvgIpc) is 2.92. The molecule has 23 heavy (non-hydrogen) atoms. The van der Waals surface area contributed by atoms with Crippen molar-refractivity contribution in [3.05, 3.63) is 57.1 Å². The summed E-state index contributed by atoms with van der Waals surface area (Å²) in [6, 6.07) is 14.7. The first-order valence-corrected chi connectivity index (χ1v) is 8.61. The lowest BCUT2D eigenvalue weighted by Gasteiger charge is -2.17. The maximum Gasteiger partial charge on any atom is 0.229 e. The van der Waals surface area contributed by atoms with E-state index in [9.17, 15) is 9.59 Å². The predicted octanol–water partition coefficient (Wildman–Crippen LogP) is 3.94. The van der Waals surface area contributed by atoms with Gasteiger partial charge in [-0.1, -0.05) is 17.7 Å². The third-order valence-corrected chi connectivity index (χ3v) is 4.68. The van der Waals surface area contributed by atoms with Gasteiger partial charge in [0, 0.05) is 32.9 Å². The molecule has 2 aromatic carbocycles. The molecule has 2 amide bonds. The van der Waals surface area contributed by atoms with Crippen molar-refractivity contribution in [2.24, 2.45) is 5.92 Å². The van der Waals surface area contributed by atoms with Gasteiger partial charge in [0.2, 0.25) is 11.8 Å². The zero-order valence-corrected chi connectivity index (χ0v) is 15.0. The largest absolute Gasteiger partial charge is 0.326 e. The normalized spacial score (nSPS) is 17.4. The molecule has 1 atom stereocenters. The third-order valence-electron chi connectivity index (χ3n) is 3.73. The van der Waals surface area contributed by atoms with E-state index < -0.39 is 0 Å². The highest BCUT2D eigenvalue weighted by Gasteiger charge is 2.35. The number of anilines is 2. The molecule has 0 aromatic heterocycles. The highest BCUT2D eigenvalue weighted by Crippen LogP contribution is 2.27. The molecule has 0 aliphatic carbocycles. The zero-order chi connectivity index (χ0) is 16.4. The van der Waals surface area contributed by atoms with E-state index in [1.807, 2.05) is 30.3 Å². The highest BCUT2D eigenvalue weighted by atomic mass is 127. The summed E-state index contributed by atoms with van der Waals surface area (Å²) in [5.41, 5.74) is 1.47. The highest BCUT2D eigenvalue weighted by molar-refractivity contribution is 14.1. The van der Waals surface area contributed by atoms with Crippen LogP contribution in [0.25, 0.3) is 0 Å². The van der Waals surface area contributed by atoms with Gasteiger partial charge in [0.1, 0.15) is 0 Å². The van der Waals surface area contributed by atoms with Crippen LogP contribution in [0, 0.1) is 9.49 Å². The summed E-state index contributed by atoms with van der Waals surface area (Å²) >= 11 is 8.18. The molecule has 1 N–H and O–H groups in total. The first-order chi connectivity index (χ1) is 11.0. The molecule has 2 aromatic rings. The third kappa shape index (κ3) is 3.84. The summed E-state index contributed by atoms with van der Waals surface area (Å²) < 4.78 is 1.10. The summed E-state index contributed by atoms with van der Waals surface area (Å²) in [6.45, 7) is 0.370.